The van der Waals surface area contributed by atoms with Gasteiger partial charge >= 0.3 is 0 Å². The van der Waals surface area contributed by atoms with E-state index in [0.29, 0.717) is 30.8 Å². The average Bonchev–Trinajstić information content (AvgIpc) is 3.37. The van der Waals surface area contributed by atoms with Gasteiger partial charge in [-0.1, -0.05) is 12.1 Å². The van der Waals surface area contributed by atoms with Crippen LogP contribution in [0.3, 0.4) is 0 Å². The van der Waals surface area contributed by atoms with Crippen molar-refractivity contribution in [3.63, 3.8) is 0 Å². The average molecular weight is 349 g/mol. The number of benzene rings is 1. The van der Waals surface area contributed by atoms with Crippen LogP contribution in [0.1, 0.15) is 29.0 Å². The molecule has 1 aromatic carbocycles. The normalized spacial score (nSPS) is 16.8. The minimum atomic E-state index is -0.454. The van der Waals surface area contributed by atoms with Crippen LogP contribution in [-0.2, 0) is 11.3 Å². The Morgan fingerprint density at radius 2 is 2.12 bits per heavy atom. The molecular formula is C20H19N3O3. The van der Waals surface area contributed by atoms with Crippen LogP contribution in [0, 0.1) is 0 Å². The lowest BCUT2D eigenvalue weighted by molar-refractivity contribution is -0.125. The Morgan fingerprint density at radius 1 is 1.19 bits per heavy atom. The number of furan rings is 1. The molecule has 0 saturated carbocycles. The number of hydrogen-bond donors (Lipinski definition) is 1. The van der Waals surface area contributed by atoms with Crippen LogP contribution < -0.4 is 5.32 Å². The van der Waals surface area contributed by atoms with E-state index < -0.39 is 6.04 Å². The molecule has 132 valence electrons. The minimum absolute atomic E-state index is 0.126. The lowest BCUT2D eigenvalue weighted by atomic mass is 10.1. The van der Waals surface area contributed by atoms with Crippen LogP contribution in [0.4, 0.5) is 0 Å². The lowest BCUT2D eigenvalue weighted by Crippen LogP contribution is -2.45. The molecule has 1 fully saturated rings. The van der Waals surface area contributed by atoms with Gasteiger partial charge in [-0.25, -0.2) is 0 Å². The highest BCUT2D eigenvalue weighted by Crippen LogP contribution is 2.24. The first-order valence-corrected chi connectivity index (χ1v) is 8.69. The Labute approximate surface area is 150 Å². The van der Waals surface area contributed by atoms with Crippen LogP contribution in [0.2, 0.25) is 0 Å². The smallest absolute Gasteiger partial charge is 0.255 e. The molecule has 0 aliphatic carbocycles. The summed E-state index contributed by atoms with van der Waals surface area (Å²) in [5.41, 5.74) is 1.36. The highest BCUT2D eigenvalue weighted by atomic mass is 16.3. The molecule has 0 bridgehead atoms. The highest BCUT2D eigenvalue weighted by Gasteiger charge is 2.35. The van der Waals surface area contributed by atoms with Crippen molar-refractivity contribution in [2.45, 2.75) is 25.4 Å². The summed E-state index contributed by atoms with van der Waals surface area (Å²) in [4.78, 5) is 31.7. The number of likely N-dealkylation sites (tertiary alicyclic amines) is 1. The van der Waals surface area contributed by atoms with E-state index in [9.17, 15) is 9.59 Å². The first-order valence-electron chi connectivity index (χ1n) is 8.69. The molecule has 1 atom stereocenters. The zero-order chi connectivity index (χ0) is 17.9. The predicted molar refractivity (Wildman–Crippen MR) is 96.4 cm³/mol. The van der Waals surface area contributed by atoms with E-state index in [1.165, 1.54) is 0 Å². The molecule has 26 heavy (non-hydrogen) atoms. The number of fused-ring (bicyclic) bond motifs is 1. The summed E-state index contributed by atoms with van der Waals surface area (Å²) in [7, 11) is 0. The molecule has 1 aliphatic rings. The van der Waals surface area contributed by atoms with Crippen molar-refractivity contribution in [1.29, 1.82) is 0 Å². The molecule has 0 spiro atoms. The van der Waals surface area contributed by atoms with Gasteiger partial charge in [0.15, 0.2) is 0 Å². The molecule has 6 heteroatoms. The third-order valence-electron chi connectivity index (χ3n) is 4.71. The van der Waals surface area contributed by atoms with Crippen molar-refractivity contribution in [3.05, 3.63) is 66.2 Å². The minimum Gasteiger partial charge on any atom is -0.467 e. The second-order valence-electron chi connectivity index (χ2n) is 6.33. The second-order valence-corrected chi connectivity index (χ2v) is 6.33. The van der Waals surface area contributed by atoms with E-state index in [-0.39, 0.29) is 11.8 Å². The molecule has 0 radical (unpaired) electrons. The van der Waals surface area contributed by atoms with Crippen LogP contribution in [-0.4, -0.2) is 34.3 Å². The summed E-state index contributed by atoms with van der Waals surface area (Å²) in [5, 5.41) is 3.67. The molecular weight excluding hydrogens is 330 g/mol. The number of rotatable bonds is 4. The van der Waals surface area contributed by atoms with Crippen LogP contribution >= 0.6 is 0 Å². The second kappa shape index (κ2) is 7.00. The highest BCUT2D eigenvalue weighted by molar-refractivity contribution is 6.07. The number of amides is 2. The van der Waals surface area contributed by atoms with Crippen molar-refractivity contribution in [3.8, 4) is 0 Å². The molecule has 2 aromatic heterocycles. The van der Waals surface area contributed by atoms with Gasteiger partial charge in [0, 0.05) is 23.7 Å². The number of nitrogens with zero attached hydrogens (tertiary/aromatic N) is 2. The fourth-order valence-corrected chi connectivity index (χ4v) is 3.43. The van der Waals surface area contributed by atoms with E-state index in [2.05, 4.69) is 10.3 Å². The fraction of sp³-hybridized carbons (Fsp3) is 0.250. The first kappa shape index (κ1) is 16.3. The van der Waals surface area contributed by atoms with Gasteiger partial charge in [-0.3, -0.25) is 14.6 Å². The van der Waals surface area contributed by atoms with Crippen LogP contribution in [0.25, 0.3) is 10.9 Å². The number of carbonyl (C=O) groups is 2. The van der Waals surface area contributed by atoms with Crippen molar-refractivity contribution in [2.24, 2.45) is 0 Å². The SMILES string of the molecule is O=C(NCc1ccco1)C1CCCN1C(=O)c1cccc2ncccc12. The third-order valence-corrected chi connectivity index (χ3v) is 4.71. The van der Waals surface area contributed by atoms with Crippen molar-refractivity contribution < 1.29 is 14.0 Å². The summed E-state index contributed by atoms with van der Waals surface area (Å²) in [5.74, 6) is 0.416. The Balaban J connectivity index is 1.53. The zero-order valence-electron chi connectivity index (χ0n) is 14.2. The maximum atomic E-state index is 13.1. The molecule has 4 rings (SSSR count). The zero-order valence-corrected chi connectivity index (χ0v) is 14.2. The first-order chi connectivity index (χ1) is 12.7. The van der Waals surface area contributed by atoms with E-state index >= 15 is 0 Å². The third kappa shape index (κ3) is 3.06. The van der Waals surface area contributed by atoms with Gasteiger partial charge in [-0.2, -0.15) is 0 Å². The Bertz CT molecular complexity index is 931. The Kier molecular flexibility index (Phi) is 4.39. The van der Waals surface area contributed by atoms with E-state index in [0.717, 1.165) is 17.3 Å². The topological polar surface area (TPSA) is 75.4 Å². The van der Waals surface area contributed by atoms with Gasteiger partial charge in [0.25, 0.3) is 5.91 Å². The fourth-order valence-electron chi connectivity index (χ4n) is 3.43. The largest absolute Gasteiger partial charge is 0.467 e. The van der Waals surface area contributed by atoms with Gasteiger partial charge in [0.1, 0.15) is 11.8 Å². The summed E-state index contributed by atoms with van der Waals surface area (Å²) in [6.07, 6.45) is 4.76. The Morgan fingerprint density at radius 3 is 2.96 bits per heavy atom. The van der Waals surface area contributed by atoms with Gasteiger partial charge in [0.2, 0.25) is 5.91 Å². The van der Waals surface area contributed by atoms with Crippen molar-refractivity contribution in [2.75, 3.05) is 6.54 Å². The molecule has 1 aliphatic heterocycles. The number of nitrogens with one attached hydrogen (secondary N) is 1. The van der Waals surface area contributed by atoms with Gasteiger partial charge in [-0.15, -0.1) is 0 Å². The van der Waals surface area contributed by atoms with Crippen molar-refractivity contribution in [1.82, 2.24) is 15.2 Å². The van der Waals surface area contributed by atoms with Gasteiger partial charge in [0.05, 0.1) is 18.3 Å². The maximum absolute atomic E-state index is 13.1. The maximum Gasteiger partial charge on any atom is 0.255 e. The predicted octanol–water partition coefficient (Wildman–Crippen LogP) is 2.75. The Hall–Kier alpha value is -3.15. The van der Waals surface area contributed by atoms with Crippen LogP contribution in [0.15, 0.2) is 59.3 Å². The summed E-state index contributed by atoms with van der Waals surface area (Å²) >= 11 is 0. The number of aromatic nitrogens is 1. The van der Waals surface area contributed by atoms with E-state index in [1.54, 1.807) is 35.6 Å². The van der Waals surface area contributed by atoms with Gasteiger partial charge < -0.3 is 14.6 Å². The van der Waals surface area contributed by atoms with Crippen LogP contribution in [0.5, 0.6) is 0 Å². The van der Waals surface area contributed by atoms with E-state index in [4.69, 9.17) is 4.42 Å². The monoisotopic (exact) mass is 349 g/mol. The molecule has 3 aromatic rings. The molecule has 1 N–H and O–H groups in total. The summed E-state index contributed by atoms with van der Waals surface area (Å²) in [6.45, 7) is 0.900. The lowest BCUT2D eigenvalue weighted by Gasteiger charge is -2.24. The number of pyridine rings is 1. The molecule has 1 saturated heterocycles. The summed E-state index contributed by atoms with van der Waals surface area (Å²) in [6, 6.07) is 12.3. The molecule has 2 amide bonds. The molecule has 1 unspecified atom stereocenters. The molecule has 3 heterocycles. The van der Waals surface area contributed by atoms with Crippen molar-refractivity contribution >= 4 is 22.7 Å². The summed E-state index contributed by atoms with van der Waals surface area (Å²) < 4.78 is 5.24. The number of hydrogen-bond acceptors (Lipinski definition) is 4. The van der Waals surface area contributed by atoms with E-state index in [1.807, 2.05) is 24.3 Å². The standard InChI is InChI=1S/C20H19N3O3/c24-19(22-13-14-5-4-12-26-14)18-9-3-11-23(18)20(25)16-6-1-8-17-15(16)7-2-10-21-17/h1-2,4-8,10,12,18H,3,9,11,13H2,(H,22,24). The number of carbonyl (C=O) groups excluding carboxylic acids is 2. The van der Waals surface area contributed by atoms with Gasteiger partial charge in [-0.05, 0) is 43.2 Å². The quantitative estimate of drug-likeness (QED) is 0.786. The molecule has 6 nitrogen and oxygen atoms in total.